The van der Waals surface area contributed by atoms with E-state index >= 15 is 0 Å². The van der Waals surface area contributed by atoms with Gasteiger partial charge in [0.2, 0.25) is 0 Å². The average Bonchev–Trinajstić information content (AvgIpc) is 2.83. The summed E-state index contributed by atoms with van der Waals surface area (Å²) in [5.74, 6) is 0.385. The van der Waals surface area contributed by atoms with Crippen molar-refractivity contribution >= 4 is 15.9 Å². The summed E-state index contributed by atoms with van der Waals surface area (Å²) in [4.78, 5) is 0. The van der Waals surface area contributed by atoms with Gasteiger partial charge in [0.1, 0.15) is 12.2 Å². The van der Waals surface area contributed by atoms with E-state index in [1.807, 2.05) is 0 Å². The number of ether oxygens (including phenoxy) is 2. The first kappa shape index (κ1) is 8.53. The third kappa shape index (κ3) is 1.21. The summed E-state index contributed by atoms with van der Waals surface area (Å²) in [6, 6.07) is 3.13. The Morgan fingerprint density at radius 2 is 2.14 bits per heavy atom. The molecule has 1 fully saturated rings. The highest BCUT2D eigenvalue weighted by atomic mass is 79.9. The fourth-order valence-corrected chi connectivity index (χ4v) is 2.01. The molecular formula is C10H8BrFO2. The molecule has 0 radical (unpaired) electrons. The molecule has 74 valence electrons. The zero-order chi connectivity index (χ0) is 9.76. The molecule has 0 aromatic heterocycles. The summed E-state index contributed by atoms with van der Waals surface area (Å²) < 4.78 is 25.1. The normalized spacial score (nSPS) is 21.0. The van der Waals surface area contributed by atoms with Crippen LogP contribution in [0.3, 0.4) is 0 Å². The van der Waals surface area contributed by atoms with E-state index in [2.05, 4.69) is 15.9 Å². The van der Waals surface area contributed by atoms with Gasteiger partial charge >= 0.3 is 0 Å². The molecule has 1 aliphatic carbocycles. The van der Waals surface area contributed by atoms with Gasteiger partial charge < -0.3 is 9.47 Å². The maximum Gasteiger partial charge on any atom is 0.197 e. The molecule has 3 rings (SSSR count). The molecule has 1 aliphatic heterocycles. The van der Waals surface area contributed by atoms with Gasteiger partial charge in [0.05, 0.1) is 0 Å². The number of hydrogen-bond acceptors (Lipinski definition) is 2. The lowest BCUT2D eigenvalue weighted by Crippen LogP contribution is -2.31. The van der Waals surface area contributed by atoms with E-state index in [1.165, 1.54) is 6.07 Å². The van der Waals surface area contributed by atoms with E-state index in [0.717, 1.165) is 12.8 Å². The van der Waals surface area contributed by atoms with Crippen LogP contribution in [0.15, 0.2) is 16.6 Å². The van der Waals surface area contributed by atoms with Crippen molar-refractivity contribution in [2.45, 2.75) is 18.4 Å². The predicted molar refractivity (Wildman–Crippen MR) is 52.2 cm³/mol. The molecule has 0 N–H and O–H groups in total. The number of hydrogen-bond donors (Lipinski definition) is 0. The molecule has 14 heavy (non-hydrogen) atoms. The van der Waals surface area contributed by atoms with Gasteiger partial charge in [0.25, 0.3) is 0 Å². The monoisotopic (exact) mass is 258 g/mol. The van der Waals surface area contributed by atoms with Crippen molar-refractivity contribution < 1.29 is 13.9 Å². The molecule has 0 amide bonds. The maximum absolute atomic E-state index is 13.4. The molecule has 1 saturated carbocycles. The van der Waals surface area contributed by atoms with Gasteiger partial charge in [-0.25, -0.2) is 4.39 Å². The van der Waals surface area contributed by atoms with Crippen LogP contribution in [0, 0.1) is 5.82 Å². The van der Waals surface area contributed by atoms with Crippen molar-refractivity contribution in [2.24, 2.45) is 0 Å². The Hall–Kier alpha value is -0.770. The highest BCUT2D eigenvalue weighted by Gasteiger charge is 2.49. The molecule has 1 aromatic carbocycles. The van der Waals surface area contributed by atoms with Crippen molar-refractivity contribution in [3.05, 3.63) is 22.4 Å². The van der Waals surface area contributed by atoms with E-state index in [-0.39, 0.29) is 17.2 Å². The smallest absolute Gasteiger partial charge is 0.197 e. The predicted octanol–water partition coefficient (Wildman–Crippen LogP) is 2.89. The van der Waals surface area contributed by atoms with Gasteiger partial charge in [-0.2, -0.15) is 0 Å². The summed E-state index contributed by atoms with van der Waals surface area (Å²) in [6.45, 7) is 0.471. The second-order valence-corrected chi connectivity index (χ2v) is 4.70. The van der Waals surface area contributed by atoms with E-state index < -0.39 is 0 Å². The van der Waals surface area contributed by atoms with Crippen LogP contribution < -0.4 is 9.47 Å². The molecule has 2 aliphatic rings. The zero-order valence-corrected chi connectivity index (χ0v) is 8.93. The quantitative estimate of drug-likeness (QED) is 0.713. The van der Waals surface area contributed by atoms with Crippen molar-refractivity contribution in [3.63, 3.8) is 0 Å². The lowest BCUT2D eigenvalue weighted by atomic mass is 10.2. The Morgan fingerprint density at radius 1 is 1.36 bits per heavy atom. The Labute approximate surface area is 89.1 Å². The summed E-state index contributed by atoms with van der Waals surface area (Å²) in [7, 11) is 0. The van der Waals surface area contributed by atoms with Crippen LogP contribution in [-0.4, -0.2) is 12.2 Å². The fraction of sp³-hybridized carbons (Fsp3) is 0.400. The molecule has 0 saturated heterocycles. The molecule has 1 aromatic rings. The summed E-state index contributed by atoms with van der Waals surface area (Å²) in [6.07, 6.45) is 2.00. The summed E-state index contributed by atoms with van der Waals surface area (Å²) in [5, 5.41) is 0. The molecule has 0 unspecified atom stereocenters. The molecule has 4 heteroatoms. The van der Waals surface area contributed by atoms with Gasteiger partial charge in [-0.15, -0.1) is 0 Å². The number of rotatable bonds is 0. The lowest BCUT2D eigenvalue weighted by Gasteiger charge is -2.26. The average molecular weight is 259 g/mol. The molecule has 0 atom stereocenters. The minimum atomic E-state index is -0.370. The topological polar surface area (TPSA) is 18.5 Å². The van der Waals surface area contributed by atoms with Gasteiger partial charge in [-0.05, 0) is 25.0 Å². The first-order valence-electron chi connectivity index (χ1n) is 4.49. The number of benzene rings is 1. The van der Waals surface area contributed by atoms with Crippen LogP contribution in [-0.2, 0) is 0 Å². The van der Waals surface area contributed by atoms with Crippen molar-refractivity contribution in [2.75, 3.05) is 6.61 Å². The molecule has 1 heterocycles. The first-order valence-corrected chi connectivity index (χ1v) is 5.29. The Morgan fingerprint density at radius 3 is 2.86 bits per heavy atom. The highest BCUT2D eigenvalue weighted by Crippen LogP contribution is 2.48. The van der Waals surface area contributed by atoms with E-state index in [0.29, 0.717) is 16.8 Å². The third-order valence-electron chi connectivity index (χ3n) is 2.59. The molecular weight excluding hydrogens is 251 g/mol. The first-order chi connectivity index (χ1) is 6.69. The van der Waals surface area contributed by atoms with E-state index in [9.17, 15) is 4.39 Å². The highest BCUT2D eigenvalue weighted by molar-refractivity contribution is 9.10. The van der Waals surface area contributed by atoms with Crippen molar-refractivity contribution in [1.29, 1.82) is 0 Å². The SMILES string of the molecule is Fc1cc(Br)cc2c1OCC1(CC1)O2. The zero-order valence-electron chi connectivity index (χ0n) is 7.35. The Kier molecular flexibility index (Phi) is 1.60. The fourth-order valence-electron chi connectivity index (χ4n) is 1.60. The number of halogens is 2. The molecule has 0 bridgehead atoms. The van der Waals surface area contributed by atoms with Crippen LogP contribution >= 0.6 is 15.9 Å². The van der Waals surface area contributed by atoms with Gasteiger partial charge in [0, 0.05) is 4.47 Å². The third-order valence-corrected chi connectivity index (χ3v) is 3.05. The van der Waals surface area contributed by atoms with Crippen LogP contribution in [0.1, 0.15) is 12.8 Å². The largest absolute Gasteiger partial charge is 0.483 e. The van der Waals surface area contributed by atoms with Crippen LogP contribution in [0.25, 0.3) is 0 Å². The van der Waals surface area contributed by atoms with Crippen LogP contribution in [0.4, 0.5) is 4.39 Å². The lowest BCUT2D eigenvalue weighted by molar-refractivity contribution is 0.0677. The maximum atomic E-state index is 13.4. The minimum Gasteiger partial charge on any atom is -0.483 e. The van der Waals surface area contributed by atoms with Gasteiger partial charge in [0.15, 0.2) is 17.3 Å². The molecule has 2 nitrogen and oxygen atoms in total. The second kappa shape index (κ2) is 2.63. The summed E-state index contributed by atoms with van der Waals surface area (Å²) in [5.41, 5.74) is -0.153. The minimum absolute atomic E-state index is 0.153. The standard InChI is InChI=1S/C10H8BrFO2/c11-6-3-7(12)9-8(4-6)14-10(1-2-10)5-13-9/h3-4H,1-2,5H2. The Bertz CT molecular complexity index is 401. The summed E-state index contributed by atoms with van der Waals surface area (Å²) >= 11 is 3.22. The van der Waals surface area contributed by atoms with Crippen LogP contribution in [0.5, 0.6) is 11.5 Å². The Balaban J connectivity index is 2.07. The van der Waals surface area contributed by atoms with Crippen LogP contribution in [0.2, 0.25) is 0 Å². The van der Waals surface area contributed by atoms with Gasteiger partial charge in [-0.3, -0.25) is 0 Å². The van der Waals surface area contributed by atoms with E-state index in [4.69, 9.17) is 9.47 Å². The van der Waals surface area contributed by atoms with Gasteiger partial charge in [-0.1, -0.05) is 15.9 Å². The number of fused-ring (bicyclic) bond motifs is 1. The van der Waals surface area contributed by atoms with E-state index in [1.54, 1.807) is 6.07 Å². The molecule has 1 spiro atoms. The van der Waals surface area contributed by atoms with Crippen molar-refractivity contribution in [3.8, 4) is 11.5 Å². The van der Waals surface area contributed by atoms with Crippen molar-refractivity contribution in [1.82, 2.24) is 0 Å². The second-order valence-electron chi connectivity index (χ2n) is 3.79.